The molecule has 0 saturated heterocycles. The second kappa shape index (κ2) is 8.71. The molecule has 25 heavy (non-hydrogen) atoms. The van der Waals surface area contributed by atoms with Gasteiger partial charge in [-0.15, -0.1) is 0 Å². The van der Waals surface area contributed by atoms with Crippen LogP contribution in [0.1, 0.15) is 47.2 Å². The molecule has 134 valence electrons. The van der Waals surface area contributed by atoms with Crippen molar-refractivity contribution in [2.75, 3.05) is 0 Å². The van der Waals surface area contributed by atoms with E-state index in [1.165, 1.54) is 0 Å². The third-order valence-corrected chi connectivity index (χ3v) is 4.41. The van der Waals surface area contributed by atoms with E-state index in [1.54, 1.807) is 30.5 Å². The zero-order valence-electron chi connectivity index (χ0n) is 14.1. The zero-order chi connectivity index (χ0) is 18.4. The Morgan fingerprint density at radius 3 is 2.48 bits per heavy atom. The van der Waals surface area contributed by atoms with Gasteiger partial charge in [-0.05, 0) is 24.1 Å². The number of aromatic nitrogens is 2. The van der Waals surface area contributed by atoms with E-state index in [4.69, 9.17) is 10.2 Å². The van der Waals surface area contributed by atoms with Crippen LogP contribution in [0.3, 0.4) is 0 Å². The largest absolute Gasteiger partial charge is 0.480 e. The summed E-state index contributed by atoms with van der Waals surface area (Å²) in [4.78, 5) is 26.5. The molecule has 2 rings (SSSR count). The lowest BCUT2D eigenvalue weighted by atomic mass is 10.1. The molecule has 0 aliphatic rings. The van der Waals surface area contributed by atoms with Gasteiger partial charge in [-0.2, -0.15) is 12.6 Å². The van der Waals surface area contributed by atoms with E-state index in [2.05, 4.69) is 24.5 Å². The van der Waals surface area contributed by atoms with Crippen molar-refractivity contribution >= 4 is 24.6 Å². The van der Waals surface area contributed by atoms with E-state index in [0.29, 0.717) is 6.54 Å². The first-order chi connectivity index (χ1) is 11.9. The Morgan fingerprint density at radius 1 is 1.24 bits per heavy atom. The third kappa shape index (κ3) is 5.09. The minimum Gasteiger partial charge on any atom is -0.480 e. The molecule has 1 aromatic heterocycles. The second-order valence-corrected chi connectivity index (χ2v) is 6.54. The molecule has 2 N–H and O–H groups in total. The minimum absolute atomic E-state index is 0.238. The number of hydrogen-bond acceptors (Lipinski definition) is 4. The van der Waals surface area contributed by atoms with Gasteiger partial charge in [0.1, 0.15) is 11.1 Å². The van der Waals surface area contributed by atoms with Crippen molar-refractivity contribution in [1.82, 2.24) is 9.55 Å². The van der Waals surface area contributed by atoms with E-state index >= 15 is 0 Å². The number of unbranched alkanes of at least 4 members (excludes halogenated alkanes) is 1. The molecule has 1 aromatic carbocycles. The number of benzene rings is 1. The van der Waals surface area contributed by atoms with Gasteiger partial charge in [-0.25, -0.2) is 9.78 Å². The molecule has 0 radical (unpaired) electrons. The van der Waals surface area contributed by atoms with Crippen LogP contribution in [0.2, 0.25) is 0 Å². The van der Waals surface area contributed by atoms with Crippen molar-refractivity contribution in [3.05, 3.63) is 53.1 Å². The van der Waals surface area contributed by atoms with Gasteiger partial charge in [0.05, 0.1) is 5.56 Å². The number of nitrogens with zero attached hydrogens (tertiary/aromatic N) is 2. The molecule has 2 aromatic rings. The quantitative estimate of drug-likeness (QED) is 0.597. The highest BCUT2D eigenvalue weighted by Crippen LogP contribution is 2.16. The van der Waals surface area contributed by atoms with Crippen molar-refractivity contribution in [3.8, 4) is 0 Å². The Balaban J connectivity index is 2.26. The normalized spacial score (nSPS) is 12.1. The lowest BCUT2D eigenvalue weighted by Gasteiger charge is -2.14. The molecule has 0 bridgehead atoms. The summed E-state index contributed by atoms with van der Waals surface area (Å²) in [5.41, 5.74) is 1.99. The van der Waals surface area contributed by atoms with E-state index < -0.39 is 17.2 Å². The van der Waals surface area contributed by atoms with Gasteiger partial charge in [0, 0.05) is 31.3 Å². The number of carbonyl (C=O) groups is 2. The first-order valence-electron chi connectivity index (χ1n) is 8.18. The number of imidazole rings is 1. The number of thiol groups is 1. The fourth-order valence-corrected chi connectivity index (χ4v) is 2.75. The van der Waals surface area contributed by atoms with Gasteiger partial charge < -0.3 is 14.8 Å². The van der Waals surface area contributed by atoms with Crippen LogP contribution in [0.25, 0.3) is 0 Å². The van der Waals surface area contributed by atoms with E-state index in [0.717, 1.165) is 36.3 Å². The first-order valence-corrected chi connectivity index (χ1v) is 8.70. The van der Waals surface area contributed by atoms with Crippen LogP contribution in [0.5, 0.6) is 0 Å². The van der Waals surface area contributed by atoms with Crippen molar-refractivity contribution in [1.29, 1.82) is 0 Å². The lowest BCUT2D eigenvalue weighted by molar-refractivity contribution is -0.136. The highest BCUT2D eigenvalue weighted by Gasteiger charge is 2.18. The molecule has 0 spiro atoms. The van der Waals surface area contributed by atoms with Gasteiger partial charge in [0.25, 0.3) is 0 Å². The van der Waals surface area contributed by atoms with Crippen LogP contribution < -0.4 is 0 Å². The summed E-state index contributed by atoms with van der Waals surface area (Å²) in [7, 11) is 0. The Morgan fingerprint density at radius 2 is 1.92 bits per heavy atom. The fraction of sp³-hybridized carbons (Fsp3) is 0.389. The summed E-state index contributed by atoms with van der Waals surface area (Å²) in [6.45, 7) is 2.63. The molecule has 1 unspecified atom stereocenters. The van der Waals surface area contributed by atoms with Crippen molar-refractivity contribution in [2.45, 2.75) is 44.4 Å². The summed E-state index contributed by atoms with van der Waals surface area (Å²) >= 11 is 4.12. The standard InChI is InChI=1S/C18H22N2O4S/c1-2-3-4-16-19-10-14(9-15(25)18(23)24)20(16)11-12-5-7-13(8-6-12)17(21)22/h5-8,10,15,25H,2-4,9,11H2,1H3,(H,21,22)(H,23,24). The number of carboxylic acids is 2. The van der Waals surface area contributed by atoms with Crippen molar-refractivity contribution in [3.63, 3.8) is 0 Å². The number of hydrogen-bond donors (Lipinski definition) is 3. The van der Waals surface area contributed by atoms with Crippen LogP contribution in [0.15, 0.2) is 30.5 Å². The predicted octanol–water partition coefficient (Wildman–Crippen LogP) is 2.90. The average molecular weight is 362 g/mol. The Hall–Kier alpha value is -2.28. The van der Waals surface area contributed by atoms with E-state index in [-0.39, 0.29) is 12.0 Å². The SMILES string of the molecule is CCCCc1ncc(CC(S)C(=O)O)n1Cc1ccc(C(=O)O)cc1. The monoisotopic (exact) mass is 362 g/mol. The zero-order valence-corrected chi connectivity index (χ0v) is 14.9. The summed E-state index contributed by atoms with van der Waals surface area (Å²) in [6.07, 6.45) is 4.85. The molecular formula is C18H22N2O4S. The van der Waals surface area contributed by atoms with Crippen molar-refractivity contribution in [2.24, 2.45) is 0 Å². The number of aliphatic carboxylic acids is 1. The molecule has 6 nitrogen and oxygen atoms in total. The molecule has 0 saturated carbocycles. The van der Waals surface area contributed by atoms with Gasteiger partial charge in [-0.1, -0.05) is 25.5 Å². The van der Waals surface area contributed by atoms with E-state index in [1.807, 2.05) is 4.57 Å². The first kappa shape index (κ1) is 19.1. The Kier molecular flexibility index (Phi) is 6.64. The van der Waals surface area contributed by atoms with Crippen LogP contribution >= 0.6 is 12.6 Å². The highest BCUT2D eigenvalue weighted by atomic mass is 32.1. The molecule has 1 atom stereocenters. The molecule has 7 heteroatoms. The summed E-state index contributed by atoms with van der Waals surface area (Å²) in [6, 6.07) is 6.68. The highest BCUT2D eigenvalue weighted by molar-refractivity contribution is 7.81. The van der Waals surface area contributed by atoms with E-state index in [9.17, 15) is 9.59 Å². The Labute approximate surface area is 151 Å². The lowest BCUT2D eigenvalue weighted by Crippen LogP contribution is -2.19. The second-order valence-electron chi connectivity index (χ2n) is 5.92. The van der Waals surface area contributed by atoms with Gasteiger partial charge in [0.15, 0.2) is 0 Å². The molecule has 0 aliphatic carbocycles. The molecule has 0 amide bonds. The topological polar surface area (TPSA) is 92.4 Å². The summed E-state index contributed by atoms with van der Waals surface area (Å²) in [5.74, 6) is -1.01. The average Bonchev–Trinajstić information content (AvgIpc) is 2.95. The molecule has 0 fully saturated rings. The number of rotatable bonds is 9. The summed E-state index contributed by atoms with van der Waals surface area (Å²) < 4.78 is 2.01. The predicted molar refractivity (Wildman–Crippen MR) is 97.5 cm³/mol. The minimum atomic E-state index is -0.961. The Bertz CT molecular complexity index is 740. The number of carboxylic acid groups (broad SMARTS) is 2. The molecule has 1 heterocycles. The van der Waals surface area contributed by atoms with Gasteiger partial charge in [-0.3, -0.25) is 4.79 Å². The maximum Gasteiger partial charge on any atom is 0.335 e. The van der Waals surface area contributed by atoms with Crippen LogP contribution in [0, 0.1) is 0 Å². The number of aromatic carboxylic acids is 1. The fourth-order valence-electron chi connectivity index (χ4n) is 2.56. The maximum atomic E-state index is 11.1. The van der Waals surface area contributed by atoms with Gasteiger partial charge >= 0.3 is 11.9 Å². The van der Waals surface area contributed by atoms with Crippen molar-refractivity contribution < 1.29 is 19.8 Å². The molecule has 0 aliphatic heterocycles. The smallest absolute Gasteiger partial charge is 0.335 e. The molecular weight excluding hydrogens is 340 g/mol. The van der Waals surface area contributed by atoms with Crippen LogP contribution in [-0.2, 0) is 24.2 Å². The third-order valence-electron chi connectivity index (χ3n) is 4.00. The van der Waals surface area contributed by atoms with Gasteiger partial charge in [0.2, 0.25) is 0 Å². The maximum absolute atomic E-state index is 11.1. The summed E-state index contributed by atoms with van der Waals surface area (Å²) in [5, 5.41) is 17.3. The number of aryl methyl sites for hydroxylation is 1. The van der Waals surface area contributed by atoms with Crippen LogP contribution in [0.4, 0.5) is 0 Å². The van der Waals surface area contributed by atoms with Crippen LogP contribution in [-0.4, -0.2) is 37.0 Å².